The van der Waals surface area contributed by atoms with E-state index in [1.54, 1.807) is 26.4 Å². The van der Waals surface area contributed by atoms with Crippen LogP contribution in [0.25, 0.3) is 32.9 Å². The Hall–Kier alpha value is -3.27. The second kappa shape index (κ2) is 5.98. The number of rotatable bonds is 3. The maximum atomic E-state index is 12.5. The zero-order chi connectivity index (χ0) is 17.4. The van der Waals surface area contributed by atoms with E-state index in [2.05, 4.69) is 0 Å². The minimum absolute atomic E-state index is 0.380. The Bertz CT molecular complexity index is 1140. The van der Waals surface area contributed by atoms with Crippen LogP contribution < -0.4 is 15.1 Å². The van der Waals surface area contributed by atoms with Gasteiger partial charge in [0.25, 0.3) is 0 Å². The Kier molecular flexibility index (Phi) is 3.65. The van der Waals surface area contributed by atoms with E-state index in [-0.39, 0.29) is 5.63 Å². The molecule has 0 aliphatic rings. The zero-order valence-electron chi connectivity index (χ0n) is 13.9. The molecule has 0 N–H and O–H groups in total. The molecule has 4 aromatic rings. The van der Waals surface area contributed by atoms with Crippen LogP contribution in [0.2, 0.25) is 0 Å². The van der Waals surface area contributed by atoms with Gasteiger partial charge in [-0.05, 0) is 40.6 Å². The van der Waals surface area contributed by atoms with E-state index in [1.807, 2.05) is 48.5 Å². The van der Waals surface area contributed by atoms with E-state index in [1.165, 1.54) is 0 Å². The highest BCUT2D eigenvalue weighted by atomic mass is 16.5. The van der Waals surface area contributed by atoms with E-state index in [9.17, 15) is 4.79 Å². The fourth-order valence-electron chi connectivity index (χ4n) is 3.08. The molecule has 0 aliphatic heterocycles. The molecule has 0 bridgehead atoms. The van der Waals surface area contributed by atoms with Gasteiger partial charge in [0.2, 0.25) is 0 Å². The smallest absolute Gasteiger partial charge is 0.344 e. The highest BCUT2D eigenvalue weighted by molar-refractivity contribution is 6.06. The van der Waals surface area contributed by atoms with E-state index in [0.29, 0.717) is 22.6 Å². The summed E-state index contributed by atoms with van der Waals surface area (Å²) in [5.74, 6) is 1.18. The predicted octanol–water partition coefficient (Wildman–Crippen LogP) is 4.63. The second-order valence-electron chi connectivity index (χ2n) is 5.72. The van der Waals surface area contributed by atoms with Crippen molar-refractivity contribution in [3.63, 3.8) is 0 Å². The van der Waals surface area contributed by atoms with Crippen molar-refractivity contribution < 1.29 is 13.9 Å². The average Bonchev–Trinajstić information content (AvgIpc) is 2.66. The number of fused-ring (bicyclic) bond motifs is 3. The highest BCUT2D eigenvalue weighted by Gasteiger charge is 2.12. The molecule has 3 aromatic carbocycles. The van der Waals surface area contributed by atoms with Gasteiger partial charge in [-0.2, -0.15) is 0 Å². The van der Waals surface area contributed by atoms with Crippen molar-refractivity contribution in [3.8, 4) is 22.6 Å². The molecule has 0 unspecified atom stereocenters. The monoisotopic (exact) mass is 332 g/mol. The highest BCUT2D eigenvalue weighted by Crippen LogP contribution is 2.33. The van der Waals surface area contributed by atoms with Gasteiger partial charge in [-0.1, -0.05) is 36.4 Å². The second-order valence-corrected chi connectivity index (χ2v) is 5.72. The lowest BCUT2D eigenvalue weighted by molar-refractivity contribution is 0.355. The van der Waals surface area contributed by atoms with Crippen LogP contribution in [0, 0.1) is 0 Å². The Labute approximate surface area is 144 Å². The van der Waals surface area contributed by atoms with Gasteiger partial charge in [0.05, 0.1) is 19.8 Å². The molecule has 124 valence electrons. The van der Waals surface area contributed by atoms with Crippen LogP contribution in [-0.2, 0) is 0 Å². The molecule has 4 rings (SSSR count). The lowest BCUT2D eigenvalue weighted by Gasteiger charge is -2.10. The summed E-state index contributed by atoms with van der Waals surface area (Å²) in [6.45, 7) is 0. The summed E-state index contributed by atoms with van der Waals surface area (Å²) < 4.78 is 16.2. The molecule has 4 nitrogen and oxygen atoms in total. The summed E-state index contributed by atoms with van der Waals surface area (Å²) in [7, 11) is 3.14. The molecule has 0 saturated heterocycles. The van der Waals surface area contributed by atoms with Gasteiger partial charge in [-0.25, -0.2) is 4.79 Å². The maximum absolute atomic E-state index is 12.5. The molecule has 0 spiro atoms. The van der Waals surface area contributed by atoms with E-state index in [4.69, 9.17) is 13.9 Å². The van der Waals surface area contributed by atoms with Crippen molar-refractivity contribution >= 4 is 21.7 Å². The molecular formula is C21H16O4. The van der Waals surface area contributed by atoms with Crippen molar-refractivity contribution in [2.45, 2.75) is 0 Å². The molecular weight excluding hydrogens is 316 g/mol. The molecule has 0 radical (unpaired) electrons. The first-order valence-electron chi connectivity index (χ1n) is 7.89. The van der Waals surface area contributed by atoms with Gasteiger partial charge < -0.3 is 13.9 Å². The average molecular weight is 332 g/mol. The lowest BCUT2D eigenvalue weighted by atomic mass is 10.0. The predicted molar refractivity (Wildman–Crippen MR) is 98.5 cm³/mol. The topological polar surface area (TPSA) is 48.7 Å². The van der Waals surface area contributed by atoms with Gasteiger partial charge in [0.15, 0.2) is 11.5 Å². The molecule has 25 heavy (non-hydrogen) atoms. The molecule has 0 aliphatic carbocycles. The number of ether oxygens (including phenoxy) is 2. The molecule has 1 aromatic heterocycles. The first-order valence-corrected chi connectivity index (χ1v) is 7.89. The minimum Gasteiger partial charge on any atom is -0.493 e. The Morgan fingerprint density at radius 3 is 2.40 bits per heavy atom. The fraction of sp³-hybridized carbons (Fsp3) is 0.0952. The van der Waals surface area contributed by atoms with Gasteiger partial charge in [0.1, 0.15) is 5.58 Å². The SMILES string of the molecule is COc1ccc(-c2cc3c(ccc4ccccc43)oc2=O)cc1OC. The number of hydrogen-bond donors (Lipinski definition) is 0. The fourth-order valence-corrected chi connectivity index (χ4v) is 3.08. The summed E-state index contributed by atoms with van der Waals surface area (Å²) in [6, 6.07) is 19.1. The normalized spacial score (nSPS) is 11.0. The molecule has 0 fully saturated rings. The van der Waals surface area contributed by atoms with Gasteiger partial charge in [0, 0.05) is 5.39 Å². The molecule has 0 saturated carbocycles. The third-order valence-corrected chi connectivity index (χ3v) is 4.34. The van der Waals surface area contributed by atoms with Crippen LogP contribution in [0.4, 0.5) is 0 Å². The van der Waals surface area contributed by atoms with Crippen LogP contribution in [0.1, 0.15) is 0 Å². The Morgan fingerprint density at radius 2 is 1.60 bits per heavy atom. The molecule has 4 heteroatoms. The Balaban J connectivity index is 2.00. The quantitative estimate of drug-likeness (QED) is 0.405. The van der Waals surface area contributed by atoms with Crippen molar-refractivity contribution in [2.75, 3.05) is 14.2 Å². The third kappa shape index (κ3) is 2.52. The van der Waals surface area contributed by atoms with E-state index < -0.39 is 0 Å². The number of benzene rings is 3. The maximum Gasteiger partial charge on any atom is 0.344 e. The van der Waals surface area contributed by atoms with Crippen LogP contribution >= 0.6 is 0 Å². The van der Waals surface area contributed by atoms with Crippen LogP contribution in [0.5, 0.6) is 11.5 Å². The summed E-state index contributed by atoms with van der Waals surface area (Å²) in [6.07, 6.45) is 0. The standard InChI is InChI=1S/C21H16O4/c1-23-19-10-8-14(11-20(19)24-2)16-12-17-15-6-4-3-5-13(15)7-9-18(17)25-21(16)22/h3-12H,1-2H3. The summed E-state index contributed by atoms with van der Waals surface area (Å²) >= 11 is 0. The lowest BCUT2D eigenvalue weighted by Crippen LogP contribution is -2.03. The Morgan fingerprint density at radius 1 is 0.800 bits per heavy atom. The van der Waals surface area contributed by atoms with E-state index >= 15 is 0 Å². The summed E-state index contributed by atoms with van der Waals surface area (Å²) in [4.78, 5) is 12.5. The van der Waals surface area contributed by atoms with Gasteiger partial charge >= 0.3 is 5.63 Å². The molecule has 0 amide bonds. The van der Waals surface area contributed by atoms with Gasteiger partial charge in [-0.15, -0.1) is 0 Å². The van der Waals surface area contributed by atoms with E-state index in [0.717, 1.165) is 21.7 Å². The number of methoxy groups -OCH3 is 2. The first-order chi connectivity index (χ1) is 12.2. The zero-order valence-corrected chi connectivity index (χ0v) is 13.9. The van der Waals surface area contributed by atoms with Crippen molar-refractivity contribution in [1.82, 2.24) is 0 Å². The van der Waals surface area contributed by atoms with Crippen molar-refractivity contribution in [1.29, 1.82) is 0 Å². The summed E-state index contributed by atoms with van der Waals surface area (Å²) in [5.41, 5.74) is 1.41. The van der Waals surface area contributed by atoms with Crippen LogP contribution in [0.3, 0.4) is 0 Å². The van der Waals surface area contributed by atoms with Crippen molar-refractivity contribution in [2.24, 2.45) is 0 Å². The largest absolute Gasteiger partial charge is 0.493 e. The number of hydrogen-bond acceptors (Lipinski definition) is 4. The van der Waals surface area contributed by atoms with Crippen molar-refractivity contribution in [3.05, 3.63) is 71.1 Å². The van der Waals surface area contributed by atoms with Crippen LogP contribution in [-0.4, -0.2) is 14.2 Å². The minimum atomic E-state index is -0.380. The van der Waals surface area contributed by atoms with Crippen LogP contribution in [0.15, 0.2) is 69.9 Å². The van der Waals surface area contributed by atoms with Gasteiger partial charge in [-0.3, -0.25) is 0 Å². The molecule has 0 atom stereocenters. The summed E-state index contributed by atoms with van der Waals surface area (Å²) in [5, 5.41) is 3.05. The molecule has 1 heterocycles. The third-order valence-electron chi connectivity index (χ3n) is 4.34. The first kappa shape index (κ1) is 15.3.